The van der Waals surface area contributed by atoms with Gasteiger partial charge in [0.15, 0.2) is 5.78 Å². The molecular weight excluding hydrogens is 260 g/mol. The Bertz CT molecular complexity index is 514. The van der Waals surface area contributed by atoms with Gasteiger partial charge in [-0.3, -0.25) is 9.59 Å². The van der Waals surface area contributed by atoms with E-state index in [1.165, 1.54) is 18.9 Å². The number of urea groups is 1. The highest BCUT2D eigenvalue weighted by atomic mass is 16.5. The Morgan fingerprint density at radius 3 is 2.60 bits per heavy atom. The highest BCUT2D eigenvalue weighted by Crippen LogP contribution is 2.11. The van der Waals surface area contributed by atoms with Gasteiger partial charge in [0.1, 0.15) is 6.54 Å². The number of amides is 2. The van der Waals surface area contributed by atoms with Crippen LogP contribution in [0.3, 0.4) is 0 Å². The van der Waals surface area contributed by atoms with Crippen LogP contribution in [0.15, 0.2) is 24.3 Å². The van der Waals surface area contributed by atoms with Crippen molar-refractivity contribution in [3.63, 3.8) is 0 Å². The number of hydrogen-bond acceptors (Lipinski definition) is 4. The second-order valence-electron chi connectivity index (χ2n) is 4.23. The molecule has 0 saturated heterocycles. The number of hydrogen-bond donors (Lipinski definition) is 1. The molecule has 0 fully saturated rings. The third kappa shape index (κ3) is 4.72. The minimum atomic E-state index is -0.470. The second kappa shape index (κ2) is 7.28. The molecule has 0 spiro atoms. The van der Waals surface area contributed by atoms with E-state index in [-0.39, 0.29) is 18.9 Å². The van der Waals surface area contributed by atoms with Crippen LogP contribution in [-0.2, 0) is 9.53 Å². The van der Waals surface area contributed by atoms with E-state index in [1.807, 2.05) is 0 Å². The third-order valence-corrected chi connectivity index (χ3v) is 2.54. The molecule has 0 atom stereocenters. The predicted molar refractivity (Wildman–Crippen MR) is 74.7 cm³/mol. The van der Waals surface area contributed by atoms with Crippen molar-refractivity contribution in [2.75, 3.05) is 25.5 Å². The van der Waals surface area contributed by atoms with Crippen molar-refractivity contribution in [3.05, 3.63) is 29.8 Å². The first-order valence-corrected chi connectivity index (χ1v) is 6.22. The van der Waals surface area contributed by atoms with Gasteiger partial charge in [0.2, 0.25) is 0 Å². The third-order valence-electron chi connectivity index (χ3n) is 2.54. The van der Waals surface area contributed by atoms with E-state index in [4.69, 9.17) is 4.74 Å². The molecule has 1 aromatic carbocycles. The summed E-state index contributed by atoms with van der Waals surface area (Å²) in [7, 11) is 1.49. The summed E-state index contributed by atoms with van der Waals surface area (Å²) < 4.78 is 4.76. The molecule has 20 heavy (non-hydrogen) atoms. The van der Waals surface area contributed by atoms with E-state index in [2.05, 4.69) is 5.32 Å². The normalized spacial score (nSPS) is 9.75. The van der Waals surface area contributed by atoms with E-state index in [0.717, 1.165) is 0 Å². The van der Waals surface area contributed by atoms with Gasteiger partial charge in [-0.2, -0.15) is 0 Å². The van der Waals surface area contributed by atoms with Crippen molar-refractivity contribution < 1.29 is 19.1 Å². The molecular formula is C14H18N2O4. The lowest BCUT2D eigenvalue weighted by atomic mass is 10.1. The Morgan fingerprint density at radius 1 is 1.30 bits per heavy atom. The average Bonchev–Trinajstić information content (AvgIpc) is 2.39. The average molecular weight is 278 g/mol. The molecule has 1 N–H and O–H groups in total. The topological polar surface area (TPSA) is 75.7 Å². The van der Waals surface area contributed by atoms with E-state index in [9.17, 15) is 14.4 Å². The maximum absolute atomic E-state index is 11.9. The summed E-state index contributed by atoms with van der Waals surface area (Å²) in [6, 6.07) is 6.15. The lowest BCUT2D eigenvalue weighted by Crippen LogP contribution is -2.36. The number of nitrogens with one attached hydrogen (secondary N) is 1. The molecule has 0 aliphatic rings. The summed E-state index contributed by atoms with van der Waals surface area (Å²) in [6.07, 6.45) is 0. The van der Waals surface area contributed by atoms with Crippen molar-refractivity contribution in [1.29, 1.82) is 0 Å². The van der Waals surface area contributed by atoms with Crippen molar-refractivity contribution in [2.24, 2.45) is 0 Å². The number of likely N-dealkylation sites (N-methyl/N-ethyl adjacent to an activating group) is 1. The molecule has 0 unspecified atom stereocenters. The van der Waals surface area contributed by atoms with E-state index < -0.39 is 12.0 Å². The molecule has 0 aliphatic carbocycles. The zero-order chi connectivity index (χ0) is 15.1. The molecule has 6 heteroatoms. The molecule has 0 aromatic heterocycles. The number of carbonyl (C=O) groups is 3. The van der Waals surface area contributed by atoms with Crippen LogP contribution in [-0.4, -0.2) is 42.9 Å². The number of nitrogens with zero attached hydrogens (tertiary/aromatic N) is 1. The number of carbonyl (C=O) groups excluding carboxylic acids is 3. The smallest absolute Gasteiger partial charge is 0.325 e. The number of benzene rings is 1. The molecule has 2 amide bonds. The van der Waals surface area contributed by atoms with Gasteiger partial charge in [-0.05, 0) is 26.0 Å². The van der Waals surface area contributed by atoms with Crippen molar-refractivity contribution in [1.82, 2.24) is 4.90 Å². The molecule has 108 valence electrons. The summed E-state index contributed by atoms with van der Waals surface area (Å²) in [5.41, 5.74) is 1.01. The fourth-order valence-electron chi connectivity index (χ4n) is 1.51. The maximum atomic E-state index is 11.9. The van der Waals surface area contributed by atoms with Crippen LogP contribution in [0.1, 0.15) is 24.2 Å². The van der Waals surface area contributed by atoms with Crippen molar-refractivity contribution in [3.8, 4) is 0 Å². The molecule has 0 bridgehead atoms. The number of anilines is 1. The molecule has 0 saturated carbocycles. The van der Waals surface area contributed by atoms with Crippen molar-refractivity contribution >= 4 is 23.5 Å². The number of Topliss-reactive ketones (excluding diaryl/α,β-unsaturated/α-hetero) is 1. The molecule has 6 nitrogen and oxygen atoms in total. The lowest BCUT2D eigenvalue weighted by Gasteiger charge is -2.17. The fraction of sp³-hybridized carbons (Fsp3) is 0.357. The van der Waals surface area contributed by atoms with E-state index in [1.54, 1.807) is 31.2 Å². The number of esters is 1. The first-order valence-electron chi connectivity index (χ1n) is 6.22. The van der Waals surface area contributed by atoms with Crippen LogP contribution in [0.25, 0.3) is 0 Å². The zero-order valence-electron chi connectivity index (χ0n) is 11.8. The first kappa shape index (κ1) is 15.7. The number of rotatable bonds is 5. The van der Waals surface area contributed by atoms with Gasteiger partial charge in [-0.25, -0.2) is 4.79 Å². The molecule has 0 aliphatic heterocycles. The summed E-state index contributed by atoms with van der Waals surface area (Å²) in [5, 5.41) is 2.61. The monoisotopic (exact) mass is 278 g/mol. The summed E-state index contributed by atoms with van der Waals surface area (Å²) >= 11 is 0. The van der Waals surface area contributed by atoms with Gasteiger partial charge in [0.25, 0.3) is 0 Å². The van der Waals surface area contributed by atoms with Gasteiger partial charge in [-0.1, -0.05) is 12.1 Å². The van der Waals surface area contributed by atoms with Crippen molar-refractivity contribution in [2.45, 2.75) is 13.8 Å². The number of ketones is 1. The van der Waals surface area contributed by atoms with Crippen LogP contribution in [0.5, 0.6) is 0 Å². The Balaban J connectivity index is 2.63. The number of ether oxygens (including phenoxy) is 1. The molecule has 1 aromatic rings. The van der Waals surface area contributed by atoms with Gasteiger partial charge in [-0.15, -0.1) is 0 Å². The highest BCUT2D eigenvalue weighted by molar-refractivity contribution is 5.97. The quantitative estimate of drug-likeness (QED) is 0.659. The van der Waals surface area contributed by atoms with Crippen LogP contribution >= 0.6 is 0 Å². The van der Waals surface area contributed by atoms with Gasteiger partial charge in [0, 0.05) is 18.3 Å². The van der Waals surface area contributed by atoms with Gasteiger partial charge >= 0.3 is 12.0 Å². The Labute approximate surface area is 117 Å². The SMILES string of the molecule is CCOC(=O)CN(C)C(=O)Nc1cccc(C(C)=O)c1. The molecule has 0 heterocycles. The van der Waals surface area contributed by atoms with Crippen LogP contribution in [0.4, 0.5) is 10.5 Å². The van der Waals surface area contributed by atoms with Gasteiger partial charge in [0.05, 0.1) is 6.61 Å². The fourth-order valence-corrected chi connectivity index (χ4v) is 1.51. The Kier molecular flexibility index (Phi) is 5.71. The predicted octanol–water partition coefficient (Wildman–Crippen LogP) is 1.92. The van der Waals surface area contributed by atoms with Crippen LogP contribution < -0.4 is 5.32 Å². The van der Waals surface area contributed by atoms with Crippen LogP contribution in [0.2, 0.25) is 0 Å². The van der Waals surface area contributed by atoms with E-state index in [0.29, 0.717) is 11.3 Å². The minimum absolute atomic E-state index is 0.0824. The summed E-state index contributed by atoms with van der Waals surface area (Å²) in [5.74, 6) is -0.552. The minimum Gasteiger partial charge on any atom is -0.465 e. The highest BCUT2D eigenvalue weighted by Gasteiger charge is 2.13. The van der Waals surface area contributed by atoms with Crippen LogP contribution in [0, 0.1) is 0 Å². The standard InChI is InChI=1S/C14H18N2O4/c1-4-20-13(18)9-16(3)14(19)15-12-7-5-6-11(8-12)10(2)17/h5-8H,4,9H2,1-3H3,(H,15,19). The lowest BCUT2D eigenvalue weighted by molar-refractivity contribution is -0.143. The maximum Gasteiger partial charge on any atom is 0.325 e. The summed E-state index contributed by atoms with van der Waals surface area (Å²) in [6.45, 7) is 3.29. The van der Waals surface area contributed by atoms with E-state index >= 15 is 0 Å². The summed E-state index contributed by atoms with van der Waals surface area (Å²) in [4.78, 5) is 35.6. The largest absolute Gasteiger partial charge is 0.465 e. The zero-order valence-corrected chi connectivity index (χ0v) is 11.8. The Hall–Kier alpha value is -2.37. The Morgan fingerprint density at radius 2 is 2.00 bits per heavy atom. The van der Waals surface area contributed by atoms with Gasteiger partial charge < -0.3 is 15.0 Å². The molecule has 0 radical (unpaired) electrons. The molecule has 1 rings (SSSR count). The first-order chi connectivity index (χ1) is 9.43. The second-order valence-corrected chi connectivity index (χ2v) is 4.23.